The van der Waals surface area contributed by atoms with Gasteiger partial charge in [-0.25, -0.2) is 0 Å². The van der Waals surface area contributed by atoms with Gasteiger partial charge in [0, 0.05) is 13.1 Å². The van der Waals surface area contributed by atoms with Crippen LogP contribution in [0.5, 0.6) is 17.4 Å². The monoisotopic (exact) mass is 244 g/mol. The molecule has 0 radical (unpaired) electrons. The normalized spacial score (nSPS) is 9.83. The minimum Gasteiger partial charge on any atom is -0.497 e. The van der Waals surface area contributed by atoms with Gasteiger partial charge in [0.2, 0.25) is 0 Å². The van der Waals surface area contributed by atoms with E-state index >= 15 is 0 Å². The third-order valence-corrected chi connectivity index (χ3v) is 2.28. The van der Waals surface area contributed by atoms with Crippen molar-refractivity contribution < 1.29 is 9.47 Å². The molecular formula is C12H12N4O2. The molecule has 0 saturated heterocycles. The summed E-state index contributed by atoms with van der Waals surface area (Å²) in [5.74, 6) is 1.30. The average molecular weight is 244 g/mol. The number of aromatic nitrogens is 2. The fraction of sp³-hybridized carbons (Fsp3) is 0.167. The second kappa shape index (κ2) is 4.67. The van der Waals surface area contributed by atoms with Gasteiger partial charge >= 0.3 is 0 Å². The Bertz CT molecular complexity index is 613. The van der Waals surface area contributed by atoms with Crippen molar-refractivity contribution in [3.8, 4) is 23.4 Å². The van der Waals surface area contributed by atoms with E-state index in [1.54, 1.807) is 36.1 Å². The van der Waals surface area contributed by atoms with Gasteiger partial charge in [0.1, 0.15) is 17.2 Å². The molecule has 0 unspecified atom stereocenters. The van der Waals surface area contributed by atoms with Crippen LogP contribution in [0, 0.1) is 11.3 Å². The Morgan fingerprint density at radius 2 is 2.06 bits per heavy atom. The van der Waals surface area contributed by atoms with Crippen LogP contribution in [0.15, 0.2) is 24.4 Å². The molecule has 2 aromatic rings. The molecule has 0 amide bonds. The van der Waals surface area contributed by atoms with Gasteiger partial charge in [-0.15, -0.1) is 5.10 Å². The molecule has 1 aromatic carbocycles. The van der Waals surface area contributed by atoms with Crippen LogP contribution in [0.2, 0.25) is 0 Å². The van der Waals surface area contributed by atoms with Crippen molar-refractivity contribution >= 4 is 5.69 Å². The topological polar surface area (TPSA) is 86.1 Å². The largest absolute Gasteiger partial charge is 0.497 e. The average Bonchev–Trinajstić information content (AvgIpc) is 2.67. The number of nitrogens with two attached hydrogens (primary N) is 1. The van der Waals surface area contributed by atoms with E-state index < -0.39 is 0 Å². The van der Waals surface area contributed by atoms with Crippen molar-refractivity contribution in [2.45, 2.75) is 0 Å². The smallest absolute Gasteiger partial charge is 0.261 e. The van der Waals surface area contributed by atoms with E-state index in [0.717, 1.165) is 0 Å². The van der Waals surface area contributed by atoms with Crippen LogP contribution >= 0.6 is 0 Å². The number of aryl methyl sites for hydroxylation is 1. The summed E-state index contributed by atoms with van der Waals surface area (Å²) >= 11 is 0. The van der Waals surface area contributed by atoms with Crippen molar-refractivity contribution in [2.24, 2.45) is 7.05 Å². The lowest BCUT2D eigenvalue weighted by Crippen LogP contribution is -1.93. The van der Waals surface area contributed by atoms with E-state index in [9.17, 15) is 0 Å². The lowest BCUT2D eigenvalue weighted by molar-refractivity contribution is 0.406. The highest BCUT2D eigenvalue weighted by Crippen LogP contribution is 2.29. The van der Waals surface area contributed by atoms with Crippen LogP contribution < -0.4 is 15.2 Å². The van der Waals surface area contributed by atoms with Crippen molar-refractivity contribution in [2.75, 3.05) is 12.8 Å². The SMILES string of the molecule is COc1cc(C#N)cc(Oc2nn(C)cc2N)c1. The van der Waals surface area contributed by atoms with Gasteiger partial charge in [-0.05, 0) is 12.1 Å². The first-order valence-corrected chi connectivity index (χ1v) is 5.18. The molecule has 6 nitrogen and oxygen atoms in total. The summed E-state index contributed by atoms with van der Waals surface area (Å²) < 4.78 is 12.2. The fourth-order valence-electron chi connectivity index (χ4n) is 1.49. The van der Waals surface area contributed by atoms with E-state index in [2.05, 4.69) is 5.10 Å². The molecule has 0 aliphatic rings. The Hall–Kier alpha value is -2.68. The summed E-state index contributed by atoms with van der Waals surface area (Å²) in [5, 5.41) is 13.0. The van der Waals surface area contributed by atoms with Gasteiger partial charge in [0.25, 0.3) is 5.88 Å². The summed E-state index contributed by atoms with van der Waals surface area (Å²) in [6.45, 7) is 0. The minimum absolute atomic E-state index is 0.301. The Balaban J connectivity index is 2.34. The van der Waals surface area contributed by atoms with E-state index in [-0.39, 0.29) is 0 Å². The number of hydrogen-bond donors (Lipinski definition) is 1. The number of benzene rings is 1. The summed E-state index contributed by atoms with van der Waals surface area (Å²) in [4.78, 5) is 0. The standard InChI is InChI=1S/C12H12N4O2/c1-16-7-11(14)12(15-16)18-10-4-8(6-13)3-9(5-10)17-2/h3-5,7H,14H2,1-2H3. The van der Waals surface area contributed by atoms with Crippen LogP contribution in [-0.2, 0) is 7.05 Å². The number of nitrogen functional groups attached to an aromatic ring is 1. The lowest BCUT2D eigenvalue weighted by Gasteiger charge is -2.06. The molecule has 0 saturated carbocycles. The molecule has 6 heteroatoms. The first kappa shape index (κ1) is 11.8. The Morgan fingerprint density at radius 3 is 2.61 bits per heavy atom. The van der Waals surface area contributed by atoms with Crippen molar-refractivity contribution in [3.63, 3.8) is 0 Å². The molecule has 0 fully saturated rings. The summed E-state index contributed by atoms with van der Waals surface area (Å²) in [5.41, 5.74) is 6.60. The molecule has 0 spiro atoms. The van der Waals surface area contributed by atoms with Crippen molar-refractivity contribution in [1.29, 1.82) is 5.26 Å². The number of nitriles is 1. The summed E-state index contributed by atoms with van der Waals surface area (Å²) in [6.07, 6.45) is 1.64. The zero-order valence-corrected chi connectivity index (χ0v) is 10.0. The van der Waals surface area contributed by atoms with Gasteiger partial charge in [-0.1, -0.05) is 0 Å². The van der Waals surface area contributed by atoms with Crippen molar-refractivity contribution in [1.82, 2.24) is 9.78 Å². The Labute approximate surface area is 104 Å². The van der Waals surface area contributed by atoms with Gasteiger partial charge < -0.3 is 15.2 Å². The van der Waals surface area contributed by atoms with E-state index in [1.807, 2.05) is 6.07 Å². The summed E-state index contributed by atoms with van der Waals surface area (Å²) in [6, 6.07) is 6.91. The first-order valence-electron chi connectivity index (χ1n) is 5.18. The van der Waals surface area contributed by atoms with Crippen LogP contribution in [0.3, 0.4) is 0 Å². The maximum Gasteiger partial charge on any atom is 0.261 e. The number of hydrogen-bond acceptors (Lipinski definition) is 5. The predicted molar refractivity (Wildman–Crippen MR) is 65.4 cm³/mol. The van der Waals surface area contributed by atoms with Crippen LogP contribution in [0.25, 0.3) is 0 Å². The first-order chi connectivity index (χ1) is 8.62. The van der Waals surface area contributed by atoms with Gasteiger partial charge in [-0.3, -0.25) is 4.68 Å². The number of rotatable bonds is 3. The van der Waals surface area contributed by atoms with Crippen LogP contribution in [0.1, 0.15) is 5.56 Å². The fourth-order valence-corrected chi connectivity index (χ4v) is 1.49. The van der Waals surface area contributed by atoms with Gasteiger partial charge in [0.15, 0.2) is 0 Å². The van der Waals surface area contributed by atoms with E-state index in [1.165, 1.54) is 7.11 Å². The highest BCUT2D eigenvalue weighted by atomic mass is 16.5. The molecule has 18 heavy (non-hydrogen) atoms. The number of anilines is 1. The summed E-state index contributed by atoms with van der Waals surface area (Å²) in [7, 11) is 3.27. The third kappa shape index (κ3) is 2.35. The molecule has 0 aliphatic carbocycles. The molecule has 2 N–H and O–H groups in total. The van der Waals surface area contributed by atoms with E-state index in [0.29, 0.717) is 28.6 Å². The minimum atomic E-state index is 0.301. The maximum atomic E-state index is 8.90. The maximum absolute atomic E-state index is 8.90. The molecule has 0 atom stereocenters. The van der Waals surface area contributed by atoms with Crippen molar-refractivity contribution in [3.05, 3.63) is 30.0 Å². The second-order valence-electron chi connectivity index (χ2n) is 3.67. The molecule has 1 heterocycles. The second-order valence-corrected chi connectivity index (χ2v) is 3.67. The predicted octanol–water partition coefficient (Wildman–Crippen LogP) is 1.67. The van der Waals surface area contributed by atoms with Gasteiger partial charge in [-0.2, -0.15) is 5.26 Å². The Kier molecular flexibility index (Phi) is 3.06. The highest BCUT2D eigenvalue weighted by molar-refractivity contribution is 5.50. The molecular weight excluding hydrogens is 232 g/mol. The molecule has 0 aliphatic heterocycles. The zero-order chi connectivity index (χ0) is 13.1. The number of ether oxygens (including phenoxy) is 2. The molecule has 92 valence electrons. The van der Waals surface area contributed by atoms with E-state index in [4.69, 9.17) is 20.5 Å². The molecule has 2 rings (SSSR count). The zero-order valence-electron chi connectivity index (χ0n) is 10.0. The lowest BCUT2D eigenvalue weighted by atomic mass is 10.2. The quantitative estimate of drug-likeness (QED) is 0.887. The van der Waals surface area contributed by atoms with Crippen LogP contribution in [0.4, 0.5) is 5.69 Å². The molecule has 1 aromatic heterocycles. The number of methoxy groups -OCH3 is 1. The highest BCUT2D eigenvalue weighted by Gasteiger charge is 2.09. The third-order valence-electron chi connectivity index (χ3n) is 2.28. The molecule has 0 bridgehead atoms. The van der Waals surface area contributed by atoms with Crippen LogP contribution in [-0.4, -0.2) is 16.9 Å². The number of nitrogens with zero attached hydrogens (tertiary/aromatic N) is 3. The van der Waals surface area contributed by atoms with Gasteiger partial charge in [0.05, 0.1) is 24.9 Å². The Morgan fingerprint density at radius 1 is 1.33 bits per heavy atom.